The summed E-state index contributed by atoms with van der Waals surface area (Å²) in [6.07, 6.45) is 0. The highest BCUT2D eigenvalue weighted by Gasteiger charge is 2.21. The second-order valence-electron chi connectivity index (χ2n) is 7.17. The Morgan fingerprint density at radius 2 is 1.78 bits per heavy atom. The number of sulfone groups is 1. The largest absolute Gasteiger partial charge is 0.322 e. The molecule has 3 aromatic rings. The Morgan fingerprint density at radius 1 is 1.11 bits per heavy atom. The lowest BCUT2D eigenvalue weighted by Crippen LogP contribution is -2.12. The Hall–Kier alpha value is -2.25. The average Bonchev–Trinajstić information content (AvgIpc) is 2.97. The van der Waals surface area contributed by atoms with Crippen LogP contribution in [0.3, 0.4) is 0 Å². The third kappa shape index (κ3) is 4.54. The van der Waals surface area contributed by atoms with Crippen molar-refractivity contribution in [2.45, 2.75) is 32.0 Å². The number of anilines is 1. The number of nitrogens with zero attached hydrogens (tertiary/aromatic N) is 1. The second-order valence-corrected chi connectivity index (χ2v) is 10.4. The van der Waals surface area contributed by atoms with Gasteiger partial charge in [-0.1, -0.05) is 31.0 Å². The number of amides is 1. The van der Waals surface area contributed by atoms with E-state index in [0.29, 0.717) is 16.8 Å². The van der Waals surface area contributed by atoms with Crippen LogP contribution in [-0.2, 0) is 9.84 Å². The molecule has 3 rings (SSSR count). The average molecular weight is 403 g/mol. The first-order chi connectivity index (χ1) is 12.6. The zero-order valence-electron chi connectivity index (χ0n) is 15.7. The quantitative estimate of drug-likeness (QED) is 0.677. The molecule has 0 fully saturated rings. The fourth-order valence-electron chi connectivity index (χ4n) is 2.93. The molecule has 0 atom stereocenters. The Bertz CT molecular complexity index is 1100. The maximum atomic E-state index is 12.5. The number of carbonyl (C=O) groups is 1. The minimum Gasteiger partial charge on any atom is -0.322 e. The van der Waals surface area contributed by atoms with Crippen molar-refractivity contribution in [3.8, 4) is 0 Å². The maximum Gasteiger partial charge on any atom is 0.255 e. The van der Waals surface area contributed by atoms with Gasteiger partial charge in [-0.2, -0.15) is 0 Å². The molecule has 0 saturated heterocycles. The van der Waals surface area contributed by atoms with Gasteiger partial charge in [-0.25, -0.2) is 13.4 Å². The molecule has 5 nitrogen and oxygen atoms in total. The van der Waals surface area contributed by atoms with Crippen LogP contribution in [0.2, 0.25) is 0 Å². The lowest BCUT2D eigenvalue weighted by atomic mass is 10.1. The van der Waals surface area contributed by atoms with Gasteiger partial charge in [0.15, 0.2) is 0 Å². The summed E-state index contributed by atoms with van der Waals surface area (Å²) in [5.41, 5.74) is 3.88. The first kappa shape index (κ1) is 19.5. The number of benzene rings is 2. The van der Waals surface area contributed by atoms with Crippen LogP contribution in [0.25, 0.3) is 10.2 Å². The second kappa shape index (κ2) is 7.40. The molecule has 27 heavy (non-hydrogen) atoms. The molecular formula is C20H22N2O3S2. The summed E-state index contributed by atoms with van der Waals surface area (Å²) >= 11 is 1.14. The molecule has 0 aliphatic heterocycles. The minimum absolute atomic E-state index is 0.0367. The van der Waals surface area contributed by atoms with Crippen LogP contribution in [0, 0.1) is 19.8 Å². The van der Waals surface area contributed by atoms with Crippen molar-refractivity contribution >= 4 is 43.0 Å². The fourth-order valence-corrected chi connectivity index (χ4v) is 5.91. The predicted octanol–water partition coefficient (Wildman–Crippen LogP) is 4.60. The van der Waals surface area contributed by atoms with Gasteiger partial charge in [-0.3, -0.25) is 4.79 Å². The van der Waals surface area contributed by atoms with Crippen LogP contribution in [0.1, 0.15) is 35.3 Å². The Morgan fingerprint density at radius 3 is 2.41 bits per heavy atom. The molecule has 2 aromatic carbocycles. The summed E-state index contributed by atoms with van der Waals surface area (Å²) in [5, 5.41) is 2.88. The zero-order valence-corrected chi connectivity index (χ0v) is 17.4. The number of nitrogens with one attached hydrogen (secondary N) is 1. The Kier molecular flexibility index (Phi) is 5.35. The van der Waals surface area contributed by atoms with E-state index in [1.807, 2.05) is 45.9 Å². The molecule has 0 radical (unpaired) electrons. The van der Waals surface area contributed by atoms with E-state index in [-0.39, 0.29) is 21.9 Å². The first-order valence-electron chi connectivity index (χ1n) is 8.67. The summed E-state index contributed by atoms with van der Waals surface area (Å²) in [5.74, 6) is -0.0867. The van der Waals surface area contributed by atoms with Gasteiger partial charge < -0.3 is 5.32 Å². The molecule has 0 bridgehead atoms. The van der Waals surface area contributed by atoms with Crippen LogP contribution in [0.5, 0.6) is 0 Å². The Balaban J connectivity index is 1.87. The highest BCUT2D eigenvalue weighted by atomic mass is 32.2. The maximum absolute atomic E-state index is 12.5. The summed E-state index contributed by atoms with van der Waals surface area (Å²) in [6, 6.07) is 10.9. The number of carbonyl (C=O) groups excluding carboxylic acids is 1. The molecule has 0 unspecified atom stereocenters. The van der Waals surface area contributed by atoms with Crippen molar-refractivity contribution in [1.29, 1.82) is 0 Å². The standard InChI is InChI=1S/C20H22N2O3S2/c1-12(2)11-27(24,25)20-22-17-6-5-16(10-18(17)26-20)21-19(23)15-8-13(3)7-14(4)9-15/h5-10,12H,11H2,1-4H3,(H,21,23). The number of hydrogen-bond acceptors (Lipinski definition) is 5. The first-order valence-corrected chi connectivity index (χ1v) is 11.1. The number of hydrogen-bond donors (Lipinski definition) is 1. The van der Waals surface area contributed by atoms with E-state index in [1.54, 1.807) is 18.2 Å². The fraction of sp³-hybridized carbons (Fsp3) is 0.300. The molecule has 1 heterocycles. The molecule has 0 saturated carbocycles. The van der Waals surface area contributed by atoms with Gasteiger partial charge in [0.1, 0.15) is 0 Å². The van der Waals surface area contributed by atoms with Crippen molar-refractivity contribution in [2.75, 3.05) is 11.1 Å². The lowest BCUT2D eigenvalue weighted by molar-refractivity contribution is 0.102. The molecule has 0 spiro atoms. The molecule has 142 valence electrons. The number of fused-ring (bicyclic) bond motifs is 1. The topological polar surface area (TPSA) is 76.1 Å². The minimum atomic E-state index is -3.39. The Labute approximate surface area is 163 Å². The van der Waals surface area contributed by atoms with Gasteiger partial charge >= 0.3 is 0 Å². The van der Waals surface area contributed by atoms with Gasteiger partial charge in [-0.05, 0) is 50.1 Å². The van der Waals surface area contributed by atoms with E-state index >= 15 is 0 Å². The summed E-state index contributed by atoms with van der Waals surface area (Å²) in [7, 11) is -3.39. The number of aryl methyl sites for hydroxylation is 2. The molecule has 1 N–H and O–H groups in total. The summed E-state index contributed by atoms with van der Waals surface area (Å²) in [4.78, 5) is 16.8. The van der Waals surface area contributed by atoms with Crippen molar-refractivity contribution in [2.24, 2.45) is 5.92 Å². The highest BCUT2D eigenvalue weighted by Crippen LogP contribution is 2.29. The van der Waals surface area contributed by atoms with Crippen LogP contribution in [0.15, 0.2) is 40.7 Å². The van der Waals surface area contributed by atoms with Crippen molar-refractivity contribution < 1.29 is 13.2 Å². The normalized spacial score (nSPS) is 11.9. The number of aromatic nitrogens is 1. The molecule has 1 amide bonds. The van der Waals surface area contributed by atoms with Gasteiger partial charge in [0, 0.05) is 11.3 Å². The van der Waals surface area contributed by atoms with E-state index < -0.39 is 9.84 Å². The van der Waals surface area contributed by atoms with Crippen molar-refractivity contribution in [3.05, 3.63) is 53.1 Å². The summed E-state index contributed by atoms with van der Waals surface area (Å²) in [6.45, 7) is 7.63. The molecule has 0 aliphatic rings. The molecule has 0 aliphatic carbocycles. The van der Waals surface area contributed by atoms with Crippen molar-refractivity contribution in [3.63, 3.8) is 0 Å². The summed E-state index contributed by atoms with van der Waals surface area (Å²) < 4.78 is 25.7. The van der Waals surface area contributed by atoms with Gasteiger partial charge in [0.2, 0.25) is 14.2 Å². The van der Waals surface area contributed by atoms with Crippen molar-refractivity contribution in [1.82, 2.24) is 4.98 Å². The number of rotatable bonds is 5. The monoisotopic (exact) mass is 402 g/mol. The SMILES string of the molecule is Cc1cc(C)cc(C(=O)Nc2ccc3nc(S(=O)(=O)CC(C)C)sc3c2)c1. The van der Waals surface area contributed by atoms with Crippen LogP contribution < -0.4 is 5.32 Å². The molecular weight excluding hydrogens is 380 g/mol. The van der Waals surface area contributed by atoms with E-state index in [0.717, 1.165) is 27.2 Å². The van der Waals surface area contributed by atoms with Crippen LogP contribution in [-0.4, -0.2) is 25.1 Å². The van der Waals surface area contributed by atoms with Gasteiger partial charge in [-0.15, -0.1) is 11.3 Å². The molecule has 1 aromatic heterocycles. The third-order valence-electron chi connectivity index (χ3n) is 3.93. The van der Waals surface area contributed by atoms with Gasteiger partial charge in [0.25, 0.3) is 5.91 Å². The smallest absolute Gasteiger partial charge is 0.255 e. The van der Waals surface area contributed by atoms with Crippen LogP contribution >= 0.6 is 11.3 Å². The molecule has 7 heteroatoms. The van der Waals surface area contributed by atoms with E-state index in [9.17, 15) is 13.2 Å². The third-order valence-corrected chi connectivity index (χ3v) is 7.48. The van der Waals surface area contributed by atoms with Crippen LogP contribution in [0.4, 0.5) is 5.69 Å². The highest BCUT2D eigenvalue weighted by molar-refractivity contribution is 7.93. The number of thiazole rings is 1. The van der Waals surface area contributed by atoms with E-state index in [1.165, 1.54) is 0 Å². The lowest BCUT2D eigenvalue weighted by Gasteiger charge is -2.07. The predicted molar refractivity (Wildman–Crippen MR) is 110 cm³/mol. The van der Waals surface area contributed by atoms with E-state index in [2.05, 4.69) is 10.3 Å². The van der Waals surface area contributed by atoms with E-state index in [4.69, 9.17) is 0 Å². The zero-order chi connectivity index (χ0) is 19.8. The van der Waals surface area contributed by atoms with Gasteiger partial charge in [0.05, 0.1) is 16.0 Å².